The summed E-state index contributed by atoms with van der Waals surface area (Å²) < 4.78 is 0. The zero-order valence-corrected chi connectivity index (χ0v) is 9.34. The van der Waals surface area contributed by atoms with Gasteiger partial charge in [0.05, 0.1) is 11.9 Å². The van der Waals surface area contributed by atoms with E-state index in [1.807, 2.05) is 13.0 Å². The first-order chi connectivity index (χ1) is 8.15. The van der Waals surface area contributed by atoms with E-state index in [0.29, 0.717) is 11.5 Å². The molecule has 17 heavy (non-hydrogen) atoms. The third-order valence-electron chi connectivity index (χ3n) is 2.17. The molecule has 0 unspecified atom stereocenters. The van der Waals surface area contributed by atoms with Crippen molar-refractivity contribution in [2.45, 2.75) is 6.92 Å². The Morgan fingerprint density at radius 2 is 2.12 bits per heavy atom. The number of hydrogen-bond donors (Lipinski definition) is 2. The minimum Gasteiger partial charge on any atom is -0.384 e. The van der Waals surface area contributed by atoms with Gasteiger partial charge >= 0.3 is 0 Å². The number of hydrogen-bond acceptors (Lipinski definition) is 4. The lowest BCUT2D eigenvalue weighted by Gasteiger charge is -2.04. The van der Waals surface area contributed by atoms with Crippen LogP contribution >= 0.6 is 0 Å². The lowest BCUT2D eigenvalue weighted by atomic mass is 10.3. The summed E-state index contributed by atoms with van der Waals surface area (Å²) in [5, 5.41) is 2.69. The molecule has 0 aliphatic carbocycles. The molecule has 3 N–H and O–H groups in total. The van der Waals surface area contributed by atoms with E-state index in [9.17, 15) is 4.79 Å². The van der Waals surface area contributed by atoms with Crippen molar-refractivity contribution in [3.8, 4) is 0 Å². The fourth-order valence-electron chi connectivity index (χ4n) is 1.31. The zero-order chi connectivity index (χ0) is 12.3. The predicted octanol–water partition coefficient (Wildman–Crippen LogP) is 1.62. The van der Waals surface area contributed by atoms with E-state index in [2.05, 4.69) is 15.3 Å². The van der Waals surface area contributed by atoms with Crippen molar-refractivity contribution in [3.05, 3.63) is 47.9 Å². The Kier molecular flexibility index (Phi) is 3.00. The van der Waals surface area contributed by atoms with E-state index in [0.717, 1.165) is 5.69 Å². The normalized spacial score (nSPS) is 9.94. The molecule has 1 amide bonds. The van der Waals surface area contributed by atoms with E-state index < -0.39 is 0 Å². The van der Waals surface area contributed by atoms with E-state index in [-0.39, 0.29) is 11.6 Å². The standard InChI is InChI=1S/C12H12N4O/c1-8-5-6-9(7-14-8)15-12(17)10-3-2-4-11(13)16-10/h2-7H,1H3,(H2,13,16)(H,15,17). The summed E-state index contributed by atoms with van der Waals surface area (Å²) in [6.07, 6.45) is 1.60. The molecule has 0 atom stereocenters. The third kappa shape index (κ3) is 2.78. The number of nitrogens with two attached hydrogens (primary N) is 1. The van der Waals surface area contributed by atoms with Gasteiger partial charge in [-0.25, -0.2) is 4.98 Å². The maximum absolute atomic E-state index is 11.8. The fourth-order valence-corrected chi connectivity index (χ4v) is 1.31. The molecule has 0 aromatic carbocycles. The lowest BCUT2D eigenvalue weighted by Crippen LogP contribution is -2.14. The zero-order valence-electron chi connectivity index (χ0n) is 9.34. The van der Waals surface area contributed by atoms with Crippen LogP contribution in [-0.2, 0) is 0 Å². The molecular formula is C12H12N4O. The van der Waals surface area contributed by atoms with Gasteiger partial charge in [-0.3, -0.25) is 9.78 Å². The van der Waals surface area contributed by atoms with E-state index in [4.69, 9.17) is 5.73 Å². The SMILES string of the molecule is Cc1ccc(NC(=O)c2cccc(N)n2)cn1. The smallest absolute Gasteiger partial charge is 0.274 e. The molecule has 86 valence electrons. The number of aromatic nitrogens is 2. The number of nitrogens with zero attached hydrogens (tertiary/aromatic N) is 2. The number of nitrogen functional groups attached to an aromatic ring is 1. The summed E-state index contributed by atoms with van der Waals surface area (Å²) in [7, 11) is 0. The molecule has 0 fully saturated rings. The number of pyridine rings is 2. The highest BCUT2D eigenvalue weighted by Crippen LogP contribution is 2.08. The monoisotopic (exact) mass is 228 g/mol. The van der Waals surface area contributed by atoms with Crippen molar-refractivity contribution in [2.24, 2.45) is 0 Å². The van der Waals surface area contributed by atoms with Crippen LogP contribution in [0.15, 0.2) is 36.5 Å². The molecular weight excluding hydrogens is 216 g/mol. The van der Waals surface area contributed by atoms with Gasteiger partial charge in [-0.15, -0.1) is 0 Å². The maximum Gasteiger partial charge on any atom is 0.274 e. The van der Waals surface area contributed by atoms with Crippen LogP contribution in [0.5, 0.6) is 0 Å². The van der Waals surface area contributed by atoms with Gasteiger partial charge in [0.15, 0.2) is 0 Å². The largest absolute Gasteiger partial charge is 0.384 e. The van der Waals surface area contributed by atoms with Crippen molar-refractivity contribution in [1.29, 1.82) is 0 Å². The van der Waals surface area contributed by atoms with Crippen molar-refractivity contribution in [2.75, 3.05) is 11.1 Å². The Morgan fingerprint density at radius 1 is 1.29 bits per heavy atom. The fraction of sp³-hybridized carbons (Fsp3) is 0.0833. The molecule has 5 nitrogen and oxygen atoms in total. The quantitative estimate of drug-likeness (QED) is 0.818. The maximum atomic E-state index is 11.8. The Hall–Kier alpha value is -2.43. The molecule has 2 rings (SSSR count). The van der Waals surface area contributed by atoms with Crippen molar-refractivity contribution in [1.82, 2.24) is 9.97 Å². The minimum absolute atomic E-state index is 0.283. The number of nitrogens with one attached hydrogen (secondary N) is 1. The predicted molar refractivity (Wildman–Crippen MR) is 65.6 cm³/mol. The molecule has 2 aromatic heterocycles. The van der Waals surface area contributed by atoms with Crippen LogP contribution in [0.1, 0.15) is 16.2 Å². The molecule has 0 saturated carbocycles. The molecule has 0 radical (unpaired) electrons. The summed E-state index contributed by atoms with van der Waals surface area (Å²) in [5.41, 5.74) is 7.31. The Morgan fingerprint density at radius 3 is 2.76 bits per heavy atom. The second kappa shape index (κ2) is 4.61. The van der Waals surface area contributed by atoms with Crippen molar-refractivity contribution >= 4 is 17.4 Å². The minimum atomic E-state index is -0.303. The Labute approximate surface area is 98.7 Å². The third-order valence-corrected chi connectivity index (χ3v) is 2.17. The molecule has 5 heteroatoms. The Balaban J connectivity index is 2.14. The molecule has 0 bridgehead atoms. The lowest BCUT2D eigenvalue weighted by molar-refractivity contribution is 0.102. The first kappa shape index (κ1) is 11.1. The number of carbonyl (C=O) groups is 1. The van der Waals surface area contributed by atoms with E-state index in [1.165, 1.54) is 0 Å². The van der Waals surface area contributed by atoms with E-state index in [1.54, 1.807) is 30.5 Å². The van der Waals surface area contributed by atoms with Crippen molar-refractivity contribution < 1.29 is 4.79 Å². The number of aryl methyl sites for hydroxylation is 1. The number of carbonyl (C=O) groups excluding carboxylic acids is 1. The van der Waals surface area contributed by atoms with Gasteiger partial charge < -0.3 is 11.1 Å². The average Bonchev–Trinajstić information content (AvgIpc) is 2.32. The first-order valence-corrected chi connectivity index (χ1v) is 5.12. The van der Waals surface area contributed by atoms with Crippen LogP contribution in [-0.4, -0.2) is 15.9 Å². The molecule has 0 saturated heterocycles. The van der Waals surface area contributed by atoms with Gasteiger partial charge in [-0.05, 0) is 31.2 Å². The van der Waals surface area contributed by atoms with Gasteiger partial charge in [-0.1, -0.05) is 6.07 Å². The summed E-state index contributed by atoms with van der Waals surface area (Å²) in [4.78, 5) is 19.8. The Bertz CT molecular complexity index is 536. The van der Waals surface area contributed by atoms with Gasteiger partial charge in [0, 0.05) is 5.69 Å². The van der Waals surface area contributed by atoms with Crippen LogP contribution in [0, 0.1) is 6.92 Å². The van der Waals surface area contributed by atoms with Crippen LogP contribution in [0.2, 0.25) is 0 Å². The molecule has 0 spiro atoms. The highest BCUT2D eigenvalue weighted by atomic mass is 16.1. The van der Waals surface area contributed by atoms with Gasteiger partial charge in [0.2, 0.25) is 0 Å². The summed E-state index contributed by atoms with van der Waals surface area (Å²) in [5.74, 6) is 0.0163. The van der Waals surface area contributed by atoms with Crippen LogP contribution < -0.4 is 11.1 Å². The summed E-state index contributed by atoms with van der Waals surface area (Å²) in [6, 6.07) is 8.52. The van der Waals surface area contributed by atoms with Crippen LogP contribution in [0.25, 0.3) is 0 Å². The average molecular weight is 228 g/mol. The van der Waals surface area contributed by atoms with Crippen molar-refractivity contribution in [3.63, 3.8) is 0 Å². The first-order valence-electron chi connectivity index (χ1n) is 5.12. The molecule has 0 aliphatic heterocycles. The summed E-state index contributed by atoms with van der Waals surface area (Å²) in [6.45, 7) is 1.88. The van der Waals surface area contributed by atoms with Gasteiger partial charge in [-0.2, -0.15) is 0 Å². The van der Waals surface area contributed by atoms with E-state index >= 15 is 0 Å². The van der Waals surface area contributed by atoms with Gasteiger partial charge in [0.25, 0.3) is 5.91 Å². The van der Waals surface area contributed by atoms with Crippen LogP contribution in [0.4, 0.5) is 11.5 Å². The highest BCUT2D eigenvalue weighted by Gasteiger charge is 2.07. The summed E-state index contributed by atoms with van der Waals surface area (Å²) >= 11 is 0. The number of amides is 1. The van der Waals surface area contributed by atoms with Gasteiger partial charge in [0.1, 0.15) is 11.5 Å². The number of anilines is 2. The molecule has 2 heterocycles. The van der Waals surface area contributed by atoms with Crippen LogP contribution in [0.3, 0.4) is 0 Å². The second-order valence-electron chi connectivity index (χ2n) is 3.59. The second-order valence-corrected chi connectivity index (χ2v) is 3.59. The molecule has 2 aromatic rings. The number of rotatable bonds is 2. The topological polar surface area (TPSA) is 80.9 Å². The highest BCUT2D eigenvalue weighted by molar-refractivity contribution is 6.02. The molecule has 0 aliphatic rings.